The summed E-state index contributed by atoms with van der Waals surface area (Å²) in [6, 6.07) is 11.2. The number of carboxylic acids is 1. The Labute approximate surface area is 147 Å². The zero-order valence-electron chi connectivity index (χ0n) is 14.4. The van der Waals surface area contributed by atoms with Crippen LogP contribution in [0.2, 0.25) is 0 Å². The molecule has 0 heterocycles. The minimum atomic E-state index is -3.63. The third kappa shape index (κ3) is 5.30. The lowest BCUT2D eigenvalue weighted by Crippen LogP contribution is -2.14. The van der Waals surface area contributed by atoms with Gasteiger partial charge in [0.15, 0.2) is 9.84 Å². The van der Waals surface area contributed by atoms with Gasteiger partial charge in [-0.15, -0.1) is 0 Å². The van der Waals surface area contributed by atoms with E-state index in [1.54, 1.807) is 12.1 Å². The number of benzene rings is 2. The van der Waals surface area contributed by atoms with Gasteiger partial charge in [0.05, 0.1) is 5.56 Å². The van der Waals surface area contributed by atoms with Crippen LogP contribution >= 0.6 is 0 Å². The number of carboxylic acid groups (broad SMARTS) is 1. The van der Waals surface area contributed by atoms with Crippen molar-refractivity contribution in [2.75, 3.05) is 26.9 Å². The molecule has 0 aliphatic heterocycles. The number of rotatable bonds is 7. The van der Waals surface area contributed by atoms with Crippen LogP contribution < -0.4 is 4.74 Å². The van der Waals surface area contributed by atoms with Crippen LogP contribution in [0.5, 0.6) is 11.5 Å². The highest BCUT2D eigenvalue weighted by Gasteiger charge is 2.18. The Hall–Kier alpha value is -2.38. The van der Waals surface area contributed by atoms with Gasteiger partial charge in [0.25, 0.3) is 0 Å². The molecule has 0 fully saturated rings. The molecular formula is C18H21NO5S. The number of likely N-dealkylation sites (N-methyl/N-ethyl adjacent to an activating group) is 1. The van der Waals surface area contributed by atoms with Crippen LogP contribution in [-0.4, -0.2) is 51.3 Å². The molecule has 0 saturated carbocycles. The molecule has 0 spiro atoms. The molecule has 0 aliphatic carbocycles. The quantitative estimate of drug-likeness (QED) is 0.814. The summed E-state index contributed by atoms with van der Waals surface area (Å²) in [6.07, 6.45) is 1.92. The monoisotopic (exact) mass is 363 g/mol. The van der Waals surface area contributed by atoms with Gasteiger partial charge in [0.1, 0.15) is 16.4 Å². The summed E-state index contributed by atoms with van der Waals surface area (Å²) >= 11 is 0. The van der Waals surface area contributed by atoms with Gasteiger partial charge in [-0.05, 0) is 56.4 Å². The first-order valence-electron chi connectivity index (χ1n) is 7.66. The first kappa shape index (κ1) is 19.0. The summed E-state index contributed by atoms with van der Waals surface area (Å²) < 4.78 is 29.6. The minimum absolute atomic E-state index is 0.105. The van der Waals surface area contributed by atoms with E-state index in [9.17, 15) is 13.2 Å². The zero-order chi connectivity index (χ0) is 18.6. The second-order valence-corrected chi connectivity index (χ2v) is 8.02. The summed E-state index contributed by atoms with van der Waals surface area (Å²) in [5, 5.41) is 9.04. The van der Waals surface area contributed by atoms with E-state index in [4.69, 9.17) is 9.84 Å². The SMILES string of the molecule is CN(C)CCc1ccc(Oc2ccc(C(=O)O)cc2S(C)(=O)=O)cc1. The third-order valence-corrected chi connectivity index (χ3v) is 4.71. The zero-order valence-corrected chi connectivity index (χ0v) is 15.2. The van der Waals surface area contributed by atoms with Crippen molar-refractivity contribution in [3.05, 3.63) is 53.6 Å². The van der Waals surface area contributed by atoms with E-state index in [1.807, 2.05) is 26.2 Å². The molecule has 0 unspecified atom stereocenters. The number of hydrogen-bond donors (Lipinski definition) is 1. The van der Waals surface area contributed by atoms with E-state index in [2.05, 4.69) is 4.90 Å². The average molecular weight is 363 g/mol. The maximum Gasteiger partial charge on any atom is 0.335 e. The van der Waals surface area contributed by atoms with Crippen LogP contribution in [0.25, 0.3) is 0 Å². The number of hydrogen-bond acceptors (Lipinski definition) is 5. The van der Waals surface area contributed by atoms with Gasteiger partial charge >= 0.3 is 5.97 Å². The van der Waals surface area contributed by atoms with E-state index < -0.39 is 15.8 Å². The molecular weight excluding hydrogens is 342 g/mol. The Morgan fingerprint density at radius 1 is 1.12 bits per heavy atom. The van der Waals surface area contributed by atoms with Gasteiger partial charge in [-0.1, -0.05) is 12.1 Å². The van der Waals surface area contributed by atoms with Crippen LogP contribution in [0.1, 0.15) is 15.9 Å². The van der Waals surface area contributed by atoms with Crippen LogP contribution in [0.15, 0.2) is 47.4 Å². The Bertz CT molecular complexity index is 858. The van der Waals surface area contributed by atoms with E-state index in [0.29, 0.717) is 5.75 Å². The van der Waals surface area contributed by atoms with Crippen molar-refractivity contribution in [2.24, 2.45) is 0 Å². The summed E-state index contributed by atoms with van der Waals surface area (Å²) in [5.41, 5.74) is 1.04. The Morgan fingerprint density at radius 3 is 2.28 bits per heavy atom. The van der Waals surface area contributed by atoms with Gasteiger partial charge < -0.3 is 14.7 Å². The van der Waals surface area contributed by atoms with Crippen molar-refractivity contribution in [2.45, 2.75) is 11.3 Å². The topological polar surface area (TPSA) is 83.9 Å². The lowest BCUT2D eigenvalue weighted by atomic mass is 10.1. The molecule has 2 aromatic carbocycles. The summed E-state index contributed by atoms with van der Waals surface area (Å²) in [6.45, 7) is 0.926. The molecule has 2 rings (SSSR count). The highest BCUT2D eigenvalue weighted by atomic mass is 32.2. The van der Waals surface area contributed by atoms with Crippen molar-refractivity contribution in [1.29, 1.82) is 0 Å². The van der Waals surface area contributed by atoms with Crippen molar-refractivity contribution in [3.63, 3.8) is 0 Å². The second-order valence-electron chi connectivity index (χ2n) is 6.04. The predicted octanol–water partition coefficient (Wildman–Crippen LogP) is 2.68. The summed E-state index contributed by atoms with van der Waals surface area (Å²) in [4.78, 5) is 13.0. The Balaban J connectivity index is 2.26. The molecule has 0 saturated heterocycles. The smallest absolute Gasteiger partial charge is 0.335 e. The largest absolute Gasteiger partial charge is 0.478 e. The number of ether oxygens (including phenoxy) is 1. The van der Waals surface area contributed by atoms with E-state index in [0.717, 1.165) is 30.9 Å². The highest BCUT2D eigenvalue weighted by molar-refractivity contribution is 7.90. The molecule has 25 heavy (non-hydrogen) atoms. The molecule has 0 radical (unpaired) electrons. The van der Waals surface area contributed by atoms with E-state index >= 15 is 0 Å². The normalized spacial score (nSPS) is 11.5. The van der Waals surface area contributed by atoms with E-state index in [-0.39, 0.29) is 16.2 Å². The molecule has 0 atom stereocenters. The van der Waals surface area contributed by atoms with Gasteiger partial charge in [0, 0.05) is 12.8 Å². The third-order valence-electron chi connectivity index (χ3n) is 3.59. The lowest BCUT2D eigenvalue weighted by molar-refractivity contribution is 0.0696. The van der Waals surface area contributed by atoms with Crippen molar-refractivity contribution in [3.8, 4) is 11.5 Å². The van der Waals surface area contributed by atoms with Crippen molar-refractivity contribution >= 4 is 15.8 Å². The van der Waals surface area contributed by atoms with Gasteiger partial charge in [-0.2, -0.15) is 0 Å². The number of carbonyl (C=O) groups is 1. The standard InChI is InChI=1S/C18H21NO5S/c1-19(2)11-10-13-4-7-15(8-5-13)24-16-9-6-14(18(20)21)12-17(16)25(3,22)23/h4-9,12H,10-11H2,1-3H3,(H,20,21). The number of sulfone groups is 1. The van der Waals surface area contributed by atoms with Crippen molar-refractivity contribution < 1.29 is 23.1 Å². The lowest BCUT2D eigenvalue weighted by Gasteiger charge is -2.12. The van der Waals surface area contributed by atoms with E-state index in [1.165, 1.54) is 12.1 Å². The van der Waals surface area contributed by atoms with Crippen LogP contribution in [-0.2, 0) is 16.3 Å². The van der Waals surface area contributed by atoms with Crippen LogP contribution in [0.4, 0.5) is 0 Å². The summed E-state index contributed by atoms with van der Waals surface area (Å²) in [5.74, 6) is -0.600. The van der Waals surface area contributed by atoms with Gasteiger partial charge in [-0.25, -0.2) is 13.2 Å². The fraction of sp³-hybridized carbons (Fsp3) is 0.278. The van der Waals surface area contributed by atoms with Crippen molar-refractivity contribution in [1.82, 2.24) is 4.90 Å². The van der Waals surface area contributed by atoms with Crippen LogP contribution in [0, 0.1) is 0 Å². The molecule has 0 amide bonds. The maximum atomic E-state index is 11.9. The van der Waals surface area contributed by atoms with Crippen LogP contribution in [0.3, 0.4) is 0 Å². The molecule has 0 bridgehead atoms. The first-order valence-corrected chi connectivity index (χ1v) is 9.55. The molecule has 0 aliphatic rings. The number of nitrogens with zero attached hydrogens (tertiary/aromatic N) is 1. The molecule has 7 heteroatoms. The Kier molecular flexibility index (Phi) is 5.81. The van der Waals surface area contributed by atoms with Gasteiger partial charge in [-0.3, -0.25) is 0 Å². The predicted molar refractivity (Wildman–Crippen MR) is 95.3 cm³/mol. The minimum Gasteiger partial charge on any atom is -0.478 e. The summed E-state index contributed by atoms with van der Waals surface area (Å²) in [7, 11) is 0.380. The molecule has 1 N–H and O–H groups in total. The fourth-order valence-electron chi connectivity index (χ4n) is 2.22. The maximum absolute atomic E-state index is 11.9. The second kappa shape index (κ2) is 7.67. The first-order chi connectivity index (χ1) is 11.7. The molecule has 0 aromatic heterocycles. The Morgan fingerprint density at radius 2 is 1.76 bits per heavy atom. The molecule has 134 valence electrons. The average Bonchev–Trinajstić information content (AvgIpc) is 2.53. The number of aromatic carboxylic acids is 1. The molecule has 2 aromatic rings. The fourth-order valence-corrected chi connectivity index (χ4v) is 3.04. The highest BCUT2D eigenvalue weighted by Crippen LogP contribution is 2.30. The molecule has 6 nitrogen and oxygen atoms in total. The van der Waals surface area contributed by atoms with Gasteiger partial charge in [0.2, 0.25) is 0 Å².